The zero-order valence-electron chi connectivity index (χ0n) is 8.99. The van der Waals surface area contributed by atoms with Gasteiger partial charge in [-0.05, 0) is 5.21 Å². The second-order valence-corrected chi connectivity index (χ2v) is 3.79. The molecule has 1 aliphatic heterocycles. The first kappa shape index (κ1) is 11.1. The molecule has 0 atom stereocenters. The third-order valence-electron chi connectivity index (χ3n) is 2.69. The molecule has 10 heteroatoms. The Morgan fingerprint density at radius 1 is 1.28 bits per heavy atom. The van der Waals surface area contributed by atoms with Gasteiger partial charge in [-0.2, -0.15) is 18.4 Å². The molecule has 1 aliphatic rings. The van der Waals surface area contributed by atoms with Gasteiger partial charge >= 0.3 is 6.18 Å². The number of imidazole rings is 1. The summed E-state index contributed by atoms with van der Waals surface area (Å²) in [5, 5.41) is 15.9. The largest absolute Gasteiger partial charge is 0.449 e. The van der Waals surface area contributed by atoms with Crippen LogP contribution in [0.5, 0.6) is 0 Å². The highest BCUT2D eigenvalue weighted by Crippen LogP contribution is 2.33. The Labute approximate surface area is 98.4 Å². The van der Waals surface area contributed by atoms with E-state index in [-0.39, 0.29) is 18.1 Å². The van der Waals surface area contributed by atoms with Crippen LogP contribution in [0.1, 0.15) is 11.5 Å². The van der Waals surface area contributed by atoms with Crippen molar-refractivity contribution in [1.82, 2.24) is 35.5 Å². The van der Waals surface area contributed by atoms with Gasteiger partial charge in [0.25, 0.3) is 0 Å². The molecular formula is C8H8F3N7. The highest BCUT2D eigenvalue weighted by atomic mass is 19.4. The standard InChI is InChI=1S/C8H8F3N7/c9-8(10,11)7-13-5(6-14-16-17-15-6)4-3-12-1-2-18(4)7/h12H,1-3H2,(H,14,15,16,17). The SMILES string of the molecule is FC(F)(F)c1nc(-c2nn[nH]n2)c2n1CCNC2. The highest BCUT2D eigenvalue weighted by Gasteiger charge is 2.40. The first-order valence-electron chi connectivity index (χ1n) is 5.18. The molecule has 2 aromatic heterocycles. The van der Waals surface area contributed by atoms with Gasteiger partial charge in [-0.15, -0.1) is 10.2 Å². The van der Waals surface area contributed by atoms with E-state index >= 15 is 0 Å². The van der Waals surface area contributed by atoms with Crippen LogP contribution in [0.2, 0.25) is 0 Å². The molecule has 7 nitrogen and oxygen atoms in total. The third-order valence-corrected chi connectivity index (χ3v) is 2.69. The number of nitrogens with zero attached hydrogens (tertiary/aromatic N) is 5. The summed E-state index contributed by atoms with van der Waals surface area (Å²) < 4.78 is 39.7. The van der Waals surface area contributed by atoms with Crippen molar-refractivity contribution in [3.8, 4) is 11.5 Å². The van der Waals surface area contributed by atoms with Crippen LogP contribution in [0.15, 0.2) is 0 Å². The minimum atomic E-state index is -4.49. The van der Waals surface area contributed by atoms with Crippen LogP contribution in [-0.4, -0.2) is 36.7 Å². The van der Waals surface area contributed by atoms with Gasteiger partial charge in [-0.3, -0.25) is 0 Å². The highest BCUT2D eigenvalue weighted by molar-refractivity contribution is 5.53. The van der Waals surface area contributed by atoms with Gasteiger partial charge < -0.3 is 9.88 Å². The van der Waals surface area contributed by atoms with E-state index in [1.807, 2.05) is 0 Å². The quantitative estimate of drug-likeness (QED) is 0.763. The van der Waals surface area contributed by atoms with Crippen LogP contribution in [0.3, 0.4) is 0 Å². The molecule has 2 N–H and O–H groups in total. The maximum atomic E-state index is 12.9. The van der Waals surface area contributed by atoms with E-state index in [1.165, 1.54) is 0 Å². The van der Waals surface area contributed by atoms with Crippen molar-refractivity contribution in [1.29, 1.82) is 0 Å². The number of aromatic nitrogens is 6. The van der Waals surface area contributed by atoms with Crippen LogP contribution in [0.25, 0.3) is 11.5 Å². The molecule has 0 spiro atoms. The zero-order valence-corrected chi connectivity index (χ0v) is 8.99. The van der Waals surface area contributed by atoms with Crippen molar-refractivity contribution in [3.05, 3.63) is 11.5 Å². The number of alkyl halides is 3. The number of aromatic amines is 1. The van der Waals surface area contributed by atoms with E-state index in [9.17, 15) is 13.2 Å². The Balaban J connectivity index is 2.19. The first-order valence-corrected chi connectivity index (χ1v) is 5.18. The Kier molecular flexibility index (Phi) is 2.33. The average molecular weight is 259 g/mol. The number of hydrogen-bond donors (Lipinski definition) is 2. The van der Waals surface area contributed by atoms with Gasteiger partial charge in [0.05, 0.1) is 5.69 Å². The van der Waals surface area contributed by atoms with E-state index < -0.39 is 12.0 Å². The molecule has 0 unspecified atom stereocenters. The smallest absolute Gasteiger partial charge is 0.321 e. The molecule has 3 heterocycles. The van der Waals surface area contributed by atoms with Gasteiger partial charge in [-0.25, -0.2) is 4.98 Å². The lowest BCUT2D eigenvalue weighted by atomic mass is 10.2. The lowest BCUT2D eigenvalue weighted by Gasteiger charge is -2.18. The maximum Gasteiger partial charge on any atom is 0.449 e. The van der Waals surface area contributed by atoms with Crippen molar-refractivity contribution in [3.63, 3.8) is 0 Å². The summed E-state index contributed by atoms with van der Waals surface area (Å²) in [6.07, 6.45) is -4.49. The summed E-state index contributed by atoms with van der Waals surface area (Å²) in [4.78, 5) is 3.62. The Hall–Kier alpha value is -1.97. The van der Waals surface area contributed by atoms with Crippen molar-refractivity contribution < 1.29 is 13.2 Å². The summed E-state index contributed by atoms with van der Waals surface area (Å²) in [5.74, 6) is -0.850. The van der Waals surface area contributed by atoms with E-state index in [1.54, 1.807) is 0 Å². The predicted octanol–water partition coefficient (Wildman–Crippen LogP) is 0.185. The Morgan fingerprint density at radius 3 is 2.78 bits per heavy atom. The van der Waals surface area contributed by atoms with Crippen LogP contribution >= 0.6 is 0 Å². The van der Waals surface area contributed by atoms with Crippen molar-refractivity contribution >= 4 is 0 Å². The van der Waals surface area contributed by atoms with Crippen LogP contribution in [-0.2, 0) is 19.3 Å². The topological polar surface area (TPSA) is 84.3 Å². The molecule has 0 aromatic carbocycles. The van der Waals surface area contributed by atoms with Crippen molar-refractivity contribution in [2.45, 2.75) is 19.3 Å². The molecule has 96 valence electrons. The fourth-order valence-electron chi connectivity index (χ4n) is 1.96. The van der Waals surface area contributed by atoms with Gasteiger partial charge in [0, 0.05) is 19.6 Å². The lowest BCUT2D eigenvalue weighted by Crippen LogP contribution is -2.30. The summed E-state index contributed by atoms with van der Waals surface area (Å²) >= 11 is 0. The maximum absolute atomic E-state index is 12.9. The van der Waals surface area contributed by atoms with E-state index in [0.29, 0.717) is 18.8 Å². The van der Waals surface area contributed by atoms with Gasteiger partial charge in [0.2, 0.25) is 11.6 Å². The van der Waals surface area contributed by atoms with Gasteiger partial charge in [-0.1, -0.05) is 0 Å². The number of H-pyrrole nitrogens is 1. The predicted molar refractivity (Wildman–Crippen MR) is 52.1 cm³/mol. The van der Waals surface area contributed by atoms with Gasteiger partial charge in [0.15, 0.2) is 0 Å². The molecule has 0 amide bonds. The summed E-state index contributed by atoms with van der Waals surface area (Å²) in [6, 6.07) is 0. The monoisotopic (exact) mass is 259 g/mol. The van der Waals surface area contributed by atoms with E-state index in [4.69, 9.17) is 0 Å². The molecule has 0 fully saturated rings. The average Bonchev–Trinajstić information content (AvgIpc) is 2.94. The number of tetrazole rings is 1. The van der Waals surface area contributed by atoms with E-state index in [2.05, 4.69) is 30.9 Å². The fourth-order valence-corrected chi connectivity index (χ4v) is 1.96. The first-order chi connectivity index (χ1) is 8.57. The lowest BCUT2D eigenvalue weighted by molar-refractivity contribution is -0.147. The van der Waals surface area contributed by atoms with Crippen molar-refractivity contribution in [2.75, 3.05) is 6.54 Å². The molecule has 0 bridgehead atoms. The molecular weight excluding hydrogens is 251 g/mol. The minimum Gasteiger partial charge on any atom is -0.321 e. The number of rotatable bonds is 1. The fraction of sp³-hybridized carbons (Fsp3) is 0.500. The van der Waals surface area contributed by atoms with Crippen molar-refractivity contribution in [2.24, 2.45) is 0 Å². The zero-order chi connectivity index (χ0) is 12.8. The normalized spacial score (nSPS) is 15.7. The summed E-state index contributed by atoms with van der Waals surface area (Å²) in [6.45, 7) is 0.986. The number of halogens is 3. The molecule has 2 aromatic rings. The summed E-state index contributed by atoms with van der Waals surface area (Å²) in [7, 11) is 0. The second kappa shape index (κ2) is 3.77. The Bertz CT molecular complexity index is 556. The number of nitrogens with one attached hydrogen (secondary N) is 2. The molecule has 0 radical (unpaired) electrons. The minimum absolute atomic E-state index is 0.0675. The Morgan fingerprint density at radius 2 is 2.11 bits per heavy atom. The summed E-state index contributed by atoms with van der Waals surface area (Å²) in [5.41, 5.74) is 0.540. The van der Waals surface area contributed by atoms with Gasteiger partial charge in [0.1, 0.15) is 5.69 Å². The molecule has 0 saturated heterocycles. The molecule has 18 heavy (non-hydrogen) atoms. The van der Waals surface area contributed by atoms with Crippen LogP contribution < -0.4 is 5.32 Å². The molecule has 0 aliphatic carbocycles. The number of fused-ring (bicyclic) bond motifs is 1. The third kappa shape index (κ3) is 1.65. The molecule has 0 saturated carbocycles. The van der Waals surface area contributed by atoms with E-state index in [0.717, 1.165) is 4.57 Å². The molecule has 3 rings (SSSR count). The van der Waals surface area contributed by atoms with Crippen LogP contribution in [0, 0.1) is 0 Å². The second-order valence-electron chi connectivity index (χ2n) is 3.79. The van der Waals surface area contributed by atoms with Crippen LogP contribution in [0.4, 0.5) is 13.2 Å². The number of hydrogen-bond acceptors (Lipinski definition) is 5.